The lowest BCUT2D eigenvalue weighted by molar-refractivity contribution is 0.0999. The maximum atomic E-state index is 12.7. The van der Waals surface area contributed by atoms with Gasteiger partial charge in [-0.05, 0) is 25.1 Å². The molecule has 3 aromatic rings. The molecule has 0 aliphatic carbocycles. The van der Waals surface area contributed by atoms with Gasteiger partial charge in [-0.3, -0.25) is 14.5 Å². The Morgan fingerprint density at radius 2 is 2.08 bits per heavy atom. The Morgan fingerprint density at radius 1 is 1.28 bits per heavy atom. The molecule has 1 aromatic carbocycles. The predicted octanol–water partition coefficient (Wildman–Crippen LogP) is 3.28. The van der Waals surface area contributed by atoms with E-state index in [-0.39, 0.29) is 10.7 Å². The quantitative estimate of drug-likeness (QED) is 0.706. The van der Waals surface area contributed by atoms with E-state index in [2.05, 4.69) is 10.3 Å². The number of pyridine rings is 1. The lowest BCUT2D eigenvalue weighted by Gasteiger charge is -2.28. The van der Waals surface area contributed by atoms with Crippen LogP contribution < -0.4 is 16.0 Å². The molecular weight excluding hydrogens is 340 g/mol. The number of thiophene rings is 1. The average Bonchev–Trinajstić information content (AvgIpc) is 2.95. The van der Waals surface area contributed by atoms with Gasteiger partial charge in [-0.1, -0.05) is 12.1 Å². The van der Waals surface area contributed by atoms with E-state index in [9.17, 15) is 14.4 Å². The van der Waals surface area contributed by atoms with Crippen LogP contribution >= 0.6 is 11.3 Å². The molecule has 124 valence electrons. The summed E-state index contributed by atoms with van der Waals surface area (Å²) in [6, 6.07) is 8.07. The lowest BCUT2D eigenvalue weighted by atomic mass is 10.1. The first kappa shape index (κ1) is 15.3. The van der Waals surface area contributed by atoms with Crippen LogP contribution in [0.25, 0.3) is 10.2 Å². The number of ketones is 1. The minimum Gasteiger partial charge on any atom is -0.365 e. The van der Waals surface area contributed by atoms with Crippen molar-refractivity contribution >= 4 is 56.3 Å². The Hall–Kier alpha value is -3.26. The third kappa shape index (κ3) is 2.26. The maximum absolute atomic E-state index is 12.7. The fourth-order valence-corrected chi connectivity index (χ4v) is 3.85. The number of nitrogens with one attached hydrogen (secondary N) is 1. The number of benzene rings is 1. The second kappa shape index (κ2) is 5.38. The number of rotatable bonds is 3. The molecule has 2 aromatic heterocycles. The number of hydrogen-bond acceptors (Lipinski definition) is 5. The largest absolute Gasteiger partial charge is 0.365 e. The summed E-state index contributed by atoms with van der Waals surface area (Å²) >= 11 is 1.14. The highest BCUT2D eigenvalue weighted by Gasteiger charge is 2.32. The third-order valence-corrected chi connectivity index (χ3v) is 5.09. The molecule has 1 aliphatic heterocycles. The van der Waals surface area contributed by atoms with Crippen molar-refractivity contribution in [3.05, 3.63) is 47.0 Å². The minimum absolute atomic E-state index is 0.0913. The standard InChI is InChI=1S/C17H12N4O3S/c1-8(22)9-3-2-4-10(7-9)21-11-5-6-19-16-12(11)13(20-17(21)24)14(25-16)15(18)23/h2-7H,1H3,(H2,18,23)(H,20,24). The van der Waals surface area contributed by atoms with Crippen molar-refractivity contribution in [3.8, 4) is 0 Å². The molecule has 0 unspecified atom stereocenters. The molecule has 0 saturated carbocycles. The van der Waals surface area contributed by atoms with E-state index in [1.807, 2.05) is 0 Å². The van der Waals surface area contributed by atoms with Crippen LogP contribution in [-0.4, -0.2) is 22.7 Å². The van der Waals surface area contributed by atoms with E-state index in [4.69, 9.17) is 5.73 Å². The van der Waals surface area contributed by atoms with Gasteiger partial charge in [0.15, 0.2) is 5.78 Å². The Labute approximate surface area is 146 Å². The van der Waals surface area contributed by atoms with Crippen molar-refractivity contribution in [2.45, 2.75) is 6.92 Å². The fourth-order valence-electron chi connectivity index (χ4n) is 2.88. The Morgan fingerprint density at radius 3 is 2.80 bits per heavy atom. The van der Waals surface area contributed by atoms with Crippen LogP contribution in [0.5, 0.6) is 0 Å². The number of aromatic nitrogens is 1. The highest BCUT2D eigenvalue weighted by molar-refractivity contribution is 7.21. The molecule has 8 heteroatoms. The lowest BCUT2D eigenvalue weighted by Crippen LogP contribution is -2.34. The molecule has 0 radical (unpaired) electrons. The van der Waals surface area contributed by atoms with Gasteiger partial charge < -0.3 is 11.1 Å². The van der Waals surface area contributed by atoms with Crippen molar-refractivity contribution in [3.63, 3.8) is 0 Å². The molecule has 0 saturated heterocycles. The summed E-state index contributed by atoms with van der Waals surface area (Å²) in [6.45, 7) is 1.47. The van der Waals surface area contributed by atoms with Crippen LogP contribution in [0.3, 0.4) is 0 Å². The first-order valence-electron chi connectivity index (χ1n) is 7.41. The molecule has 3 amide bonds. The number of anilines is 3. The summed E-state index contributed by atoms with van der Waals surface area (Å²) in [5, 5.41) is 3.38. The highest BCUT2D eigenvalue weighted by Crippen LogP contribution is 2.45. The summed E-state index contributed by atoms with van der Waals surface area (Å²) < 4.78 is 0. The van der Waals surface area contributed by atoms with E-state index < -0.39 is 11.9 Å². The first-order valence-corrected chi connectivity index (χ1v) is 8.22. The third-order valence-electron chi connectivity index (χ3n) is 3.98. The number of carbonyl (C=O) groups excluding carboxylic acids is 3. The first-order chi connectivity index (χ1) is 12.0. The number of carbonyl (C=O) groups is 3. The van der Waals surface area contributed by atoms with Crippen LogP contribution in [0.15, 0.2) is 36.5 Å². The molecule has 3 heterocycles. The number of urea groups is 1. The summed E-state index contributed by atoms with van der Waals surface area (Å²) in [7, 11) is 0. The number of Topliss-reactive ketones (excluding diaryl/α,β-unsaturated/α-hetero) is 1. The molecule has 0 spiro atoms. The van der Waals surface area contributed by atoms with Crippen LogP contribution in [0.1, 0.15) is 27.0 Å². The molecular formula is C17H12N4O3S. The smallest absolute Gasteiger partial charge is 0.331 e. The summed E-state index contributed by atoms with van der Waals surface area (Å²) in [5.74, 6) is -0.706. The topological polar surface area (TPSA) is 105 Å². The van der Waals surface area contributed by atoms with Gasteiger partial charge in [0.1, 0.15) is 9.71 Å². The van der Waals surface area contributed by atoms with Crippen LogP contribution in [0.4, 0.5) is 21.9 Å². The SMILES string of the molecule is CC(=O)c1cccc(N2C(=O)Nc3c(C(N)=O)sc4nccc2c34)c1. The molecule has 1 aliphatic rings. The van der Waals surface area contributed by atoms with E-state index in [1.54, 1.807) is 36.5 Å². The van der Waals surface area contributed by atoms with Gasteiger partial charge in [-0.15, -0.1) is 11.3 Å². The average molecular weight is 352 g/mol. The number of amides is 3. The van der Waals surface area contributed by atoms with E-state index in [0.29, 0.717) is 32.8 Å². The van der Waals surface area contributed by atoms with Crippen LogP contribution in [0, 0.1) is 0 Å². The number of nitrogens with two attached hydrogens (primary N) is 1. The van der Waals surface area contributed by atoms with E-state index in [0.717, 1.165) is 11.3 Å². The van der Waals surface area contributed by atoms with Crippen molar-refractivity contribution in [1.82, 2.24) is 4.98 Å². The second-order valence-corrected chi connectivity index (χ2v) is 6.55. The Balaban J connectivity index is 1.97. The van der Waals surface area contributed by atoms with Crippen LogP contribution in [0.2, 0.25) is 0 Å². The van der Waals surface area contributed by atoms with Crippen LogP contribution in [-0.2, 0) is 0 Å². The van der Waals surface area contributed by atoms with Gasteiger partial charge >= 0.3 is 6.03 Å². The monoisotopic (exact) mass is 352 g/mol. The van der Waals surface area contributed by atoms with E-state index >= 15 is 0 Å². The predicted molar refractivity (Wildman–Crippen MR) is 95.7 cm³/mol. The molecule has 25 heavy (non-hydrogen) atoms. The number of hydrogen-bond donors (Lipinski definition) is 2. The van der Waals surface area contributed by atoms with Gasteiger partial charge in [0.25, 0.3) is 5.91 Å². The van der Waals surface area contributed by atoms with Gasteiger partial charge in [-0.25, -0.2) is 9.78 Å². The summed E-state index contributed by atoms with van der Waals surface area (Å²) in [6.07, 6.45) is 1.57. The van der Waals surface area contributed by atoms with Gasteiger partial charge in [0.2, 0.25) is 0 Å². The molecule has 3 N–H and O–H groups in total. The zero-order chi connectivity index (χ0) is 17.7. The number of primary amides is 1. The van der Waals surface area contributed by atoms with Gasteiger partial charge in [0, 0.05) is 11.8 Å². The normalized spacial score (nSPS) is 13.0. The molecule has 0 fully saturated rings. The molecule has 7 nitrogen and oxygen atoms in total. The Bertz CT molecular complexity index is 1070. The minimum atomic E-state index is -0.615. The van der Waals surface area contributed by atoms with Crippen molar-refractivity contribution in [2.24, 2.45) is 5.73 Å². The zero-order valence-corrected chi connectivity index (χ0v) is 13.9. The number of nitrogens with zero attached hydrogens (tertiary/aromatic N) is 2. The van der Waals surface area contributed by atoms with Gasteiger partial charge in [-0.2, -0.15) is 0 Å². The fraction of sp³-hybridized carbons (Fsp3) is 0.0588. The van der Waals surface area contributed by atoms with Crippen molar-refractivity contribution in [2.75, 3.05) is 10.2 Å². The molecule has 0 bridgehead atoms. The second-order valence-electron chi connectivity index (χ2n) is 5.55. The molecule has 0 atom stereocenters. The van der Waals surface area contributed by atoms with Crippen molar-refractivity contribution in [1.29, 1.82) is 0 Å². The van der Waals surface area contributed by atoms with Gasteiger partial charge in [0.05, 0.1) is 22.4 Å². The highest BCUT2D eigenvalue weighted by atomic mass is 32.1. The summed E-state index contributed by atoms with van der Waals surface area (Å²) in [5.41, 5.74) is 7.45. The van der Waals surface area contributed by atoms with Crippen molar-refractivity contribution < 1.29 is 14.4 Å². The zero-order valence-electron chi connectivity index (χ0n) is 13.1. The molecule has 4 rings (SSSR count). The van der Waals surface area contributed by atoms with E-state index in [1.165, 1.54) is 11.8 Å². The summed E-state index contributed by atoms with van der Waals surface area (Å²) in [4.78, 5) is 42.6. The maximum Gasteiger partial charge on any atom is 0.331 e. The Kier molecular flexibility index (Phi) is 3.29.